The molecule has 21 heavy (non-hydrogen) atoms. The number of piperidine rings is 1. The third-order valence-corrected chi connectivity index (χ3v) is 3.43. The fraction of sp³-hybridized carbons (Fsp3) is 0.667. The molecule has 6 nitrogen and oxygen atoms in total. The average Bonchev–Trinajstić information content (AvgIpc) is 2.86. The maximum Gasteiger partial charge on any atom is 0.410 e. The molecule has 1 atom stereocenters. The topological polar surface area (TPSA) is 64.4 Å². The zero-order chi connectivity index (χ0) is 15.6. The fourth-order valence-electron chi connectivity index (χ4n) is 2.38. The number of nitrogens with zero attached hydrogens (tertiary/aromatic N) is 3. The second-order valence-corrected chi connectivity index (χ2v) is 6.49. The molecular formula is C15H23N3O3. The van der Waals surface area contributed by atoms with Gasteiger partial charge in [0.15, 0.2) is 5.78 Å². The van der Waals surface area contributed by atoms with E-state index in [2.05, 4.69) is 5.10 Å². The highest BCUT2D eigenvalue weighted by Crippen LogP contribution is 2.23. The van der Waals surface area contributed by atoms with Crippen LogP contribution in [-0.4, -0.2) is 45.2 Å². The van der Waals surface area contributed by atoms with Crippen molar-refractivity contribution < 1.29 is 14.3 Å². The van der Waals surface area contributed by atoms with Crippen molar-refractivity contribution in [2.45, 2.75) is 52.2 Å². The summed E-state index contributed by atoms with van der Waals surface area (Å²) < 4.78 is 7.19. The third-order valence-electron chi connectivity index (χ3n) is 3.43. The van der Waals surface area contributed by atoms with Crippen molar-refractivity contribution in [2.75, 3.05) is 13.1 Å². The van der Waals surface area contributed by atoms with E-state index in [1.54, 1.807) is 22.0 Å². The van der Waals surface area contributed by atoms with Crippen LogP contribution in [0, 0.1) is 0 Å². The maximum atomic E-state index is 12.1. The molecule has 116 valence electrons. The van der Waals surface area contributed by atoms with Gasteiger partial charge < -0.3 is 9.64 Å². The number of carbonyl (C=O) groups excluding carboxylic acids is 2. The molecule has 0 aromatic carbocycles. The van der Waals surface area contributed by atoms with Crippen LogP contribution in [0.5, 0.6) is 0 Å². The normalized spacial score (nSPS) is 19.4. The number of likely N-dealkylation sites (tertiary alicyclic amines) is 1. The third kappa shape index (κ3) is 4.06. The number of aromatic nitrogens is 2. The summed E-state index contributed by atoms with van der Waals surface area (Å²) >= 11 is 0. The Kier molecular flexibility index (Phi) is 4.34. The van der Waals surface area contributed by atoms with E-state index in [1.165, 1.54) is 6.92 Å². The van der Waals surface area contributed by atoms with Crippen molar-refractivity contribution in [3.05, 3.63) is 18.0 Å². The van der Waals surface area contributed by atoms with Gasteiger partial charge in [-0.25, -0.2) is 4.79 Å². The first-order valence-electron chi connectivity index (χ1n) is 7.29. The second-order valence-electron chi connectivity index (χ2n) is 6.49. The molecule has 0 radical (unpaired) electrons. The predicted octanol–water partition coefficient (Wildman–Crippen LogP) is 2.66. The first-order chi connectivity index (χ1) is 9.76. The molecule has 2 heterocycles. The van der Waals surface area contributed by atoms with E-state index in [0.29, 0.717) is 18.7 Å². The Morgan fingerprint density at radius 3 is 2.67 bits per heavy atom. The highest BCUT2D eigenvalue weighted by atomic mass is 16.6. The minimum absolute atomic E-state index is 0.000979. The Morgan fingerprint density at radius 2 is 2.10 bits per heavy atom. The van der Waals surface area contributed by atoms with E-state index in [1.807, 2.05) is 20.8 Å². The summed E-state index contributed by atoms with van der Waals surface area (Å²) in [5.74, 6) is 0.000979. The molecule has 1 aliphatic rings. The number of ether oxygens (including phenoxy) is 1. The lowest BCUT2D eigenvalue weighted by molar-refractivity contribution is 0.0167. The maximum absolute atomic E-state index is 12.1. The van der Waals surface area contributed by atoms with E-state index in [9.17, 15) is 9.59 Å². The first-order valence-corrected chi connectivity index (χ1v) is 7.29. The number of rotatable bonds is 2. The molecule has 0 spiro atoms. The van der Waals surface area contributed by atoms with Gasteiger partial charge in [-0.1, -0.05) is 0 Å². The minimum atomic E-state index is -0.489. The number of Topliss-reactive ketones (excluding diaryl/α,β-unsaturated/α-hetero) is 1. The molecule has 1 unspecified atom stereocenters. The Morgan fingerprint density at radius 1 is 1.38 bits per heavy atom. The van der Waals surface area contributed by atoms with Gasteiger partial charge in [0.05, 0.1) is 17.8 Å². The molecular weight excluding hydrogens is 270 g/mol. The van der Waals surface area contributed by atoms with Crippen molar-refractivity contribution in [1.82, 2.24) is 14.7 Å². The largest absolute Gasteiger partial charge is 0.444 e. The molecule has 1 aliphatic heterocycles. The summed E-state index contributed by atoms with van der Waals surface area (Å²) in [6, 6.07) is 0.0966. The fourth-order valence-corrected chi connectivity index (χ4v) is 2.38. The summed E-state index contributed by atoms with van der Waals surface area (Å²) in [7, 11) is 0. The number of amides is 1. The molecule has 2 rings (SSSR count). The van der Waals surface area contributed by atoms with Gasteiger partial charge in [-0.15, -0.1) is 0 Å². The van der Waals surface area contributed by atoms with E-state index < -0.39 is 5.60 Å². The SMILES string of the molecule is CC(=O)c1cnn(C2CCCN(C(=O)OC(C)(C)C)C2)c1. The highest BCUT2D eigenvalue weighted by Gasteiger charge is 2.28. The van der Waals surface area contributed by atoms with Gasteiger partial charge in [0, 0.05) is 19.3 Å². The Labute approximate surface area is 125 Å². The summed E-state index contributed by atoms with van der Waals surface area (Å²) in [4.78, 5) is 25.2. The molecule has 0 N–H and O–H groups in total. The van der Waals surface area contributed by atoms with Crippen LogP contribution in [0.1, 0.15) is 56.9 Å². The van der Waals surface area contributed by atoms with Crippen LogP contribution >= 0.6 is 0 Å². The lowest BCUT2D eigenvalue weighted by Gasteiger charge is -2.34. The minimum Gasteiger partial charge on any atom is -0.444 e. The van der Waals surface area contributed by atoms with Crippen LogP contribution in [0.3, 0.4) is 0 Å². The quantitative estimate of drug-likeness (QED) is 0.786. The molecule has 1 aromatic rings. The van der Waals surface area contributed by atoms with Crippen molar-refractivity contribution in [2.24, 2.45) is 0 Å². The Bertz CT molecular complexity index is 531. The van der Waals surface area contributed by atoms with Gasteiger partial charge in [-0.3, -0.25) is 9.48 Å². The number of carbonyl (C=O) groups is 2. The van der Waals surface area contributed by atoms with Crippen molar-refractivity contribution in [3.63, 3.8) is 0 Å². The Hall–Kier alpha value is -1.85. The predicted molar refractivity (Wildman–Crippen MR) is 78.3 cm³/mol. The van der Waals surface area contributed by atoms with E-state index >= 15 is 0 Å². The van der Waals surface area contributed by atoms with E-state index in [4.69, 9.17) is 4.74 Å². The van der Waals surface area contributed by atoms with E-state index in [-0.39, 0.29) is 17.9 Å². The molecule has 0 aliphatic carbocycles. The number of hydrogen-bond acceptors (Lipinski definition) is 4. The zero-order valence-corrected chi connectivity index (χ0v) is 13.1. The molecule has 1 fully saturated rings. The van der Waals surface area contributed by atoms with Gasteiger partial charge in [0.2, 0.25) is 0 Å². The number of hydrogen-bond donors (Lipinski definition) is 0. The molecule has 1 amide bonds. The smallest absolute Gasteiger partial charge is 0.410 e. The molecule has 6 heteroatoms. The first kappa shape index (κ1) is 15.5. The molecule has 1 aromatic heterocycles. The molecule has 1 saturated heterocycles. The van der Waals surface area contributed by atoms with E-state index in [0.717, 1.165) is 12.8 Å². The monoisotopic (exact) mass is 293 g/mol. The zero-order valence-electron chi connectivity index (χ0n) is 13.1. The highest BCUT2D eigenvalue weighted by molar-refractivity contribution is 5.93. The standard InChI is InChI=1S/C15H23N3O3/c1-11(19)12-8-16-18(9-12)13-6-5-7-17(10-13)14(20)21-15(2,3)4/h8-9,13H,5-7,10H2,1-4H3. The van der Waals surface area contributed by atoms with Gasteiger partial charge >= 0.3 is 6.09 Å². The van der Waals surface area contributed by atoms with Crippen LogP contribution in [0.15, 0.2) is 12.4 Å². The van der Waals surface area contributed by atoms with Gasteiger partial charge in [-0.2, -0.15) is 5.10 Å². The summed E-state index contributed by atoms with van der Waals surface area (Å²) in [6.45, 7) is 8.37. The van der Waals surface area contributed by atoms with Crippen molar-refractivity contribution in [3.8, 4) is 0 Å². The lowest BCUT2D eigenvalue weighted by atomic mass is 10.1. The van der Waals surface area contributed by atoms with Crippen LogP contribution in [0.25, 0.3) is 0 Å². The van der Waals surface area contributed by atoms with Crippen LogP contribution in [0.2, 0.25) is 0 Å². The summed E-state index contributed by atoms with van der Waals surface area (Å²) in [5.41, 5.74) is 0.113. The lowest BCUT2D eigenvalue weighted by Crippen LogP contribution is -2.43. The van der Waals surface area contributed by atoms with Gasteiger partial charge in [-0.05, 0) is 40.5 Å². The average molecular weight is 293 g/mol. The van der Waals surface area contributed by atoms with Crippen LogP contribution in [-0.2, 0) is 4.74 Å². The van der Waals surface area contributed by atoms with Gasteiger partial charge in [0.1, 0.15) is 5.60 Å². The molecule has 0 bridgehead atoms. The summed E-state index contributed by atoms with van der Waals surface area (Å²) in [5, 5.41) is 4.25. The van der Waals surface area contributed by atoms with Crippen molar-refractivity contribution in [1.29, 1.82) is 0 Å². The Balaban J connectivity index is 2.03. The number of ketones is 1. The van der Waals surface area contributed by atoms with Crippen LogP contribution in [0.4, 0.5) is 4.79 Å². The summed E-state index contributed by atoms with van der Waals surface area (Å²) in [6.07, 6.45) is 4.89. The van der Waals surface area contributed by atoms with Crippen molar-refractivity contribution >= 4 is 11.9 Å². The second kappa shape index (κ2) is 5.87. The van der Waals surface area contributed by atoms with Gasteiger partial charge in [0.25, 0.3) is 0 Å². The molecule has 0 saturated carbocycles. The van der Waals surface area contributed by atoms with Crippen LogP contribution < -0.4 is 0 Å².